The molecule has 0 spiro atoms. The van der Waals surface area contributed by atoms with Crippen LogP contribution in [0.2, 0.25) is 0 Å². The third-order valence-electron chi connectivity index (χ3n) is 20.1. The van der Waals surface area contributed by atoms with Crippen molar-refractivity contribution >= 4 is 96.3 Å². The summed E-state index contributed by atoms with van der Waals surface area (Å²) in [5.74, 6) is -4.01. The van der Waals surface area contributed by atoms with E-state index in [0.29, 0.717) is 0 Å². The summed E-state index contributed by atoms with van der Waals surface area (Å²) >= 11 is 0. The highest BCUT2D eigenvalue weighted by atomic mass is 16.9. The number of hydrogen-bond acceptors (Lipinski definition) is 22. The number of rotatable bonds is 8. The number of aliphatic carboxylic acids is 4. The molecule has 62 heteroatoms. The molecule has 0 saturated carbocycles. The van der Waals surface area contributed by atoms with Crippen LogP contribution >= 0.6 is 0 Å². The van der Waals surface area contributed by atoms with Gasteiger partial charge in [0.2, 0.25) is 0 Å². The third-order valence-corrected chi connectivity index (χ3v) is 20.1. The standard InChI is InChI=1S/C36H36N24O12.2C4H7NO4.2NO3.8H2O/c61-25-37-1-38-14-16-42(26(38)62)4-46-18-20-50(30(46)66)8-54-22-24-58(34(54)70)11-57-23-21-53(33(57)69)7-49-19-17-45(29(49)65)3-41(25)15-13(37)39-2-40(14)28(64)44(16)6-48(18)32(68)52(20)10-56(22)36(72)60(24)12-59(23)35(71)55(21)9-51(19)31(67)47(17)5-43(15)27(39)63;2*6-3(7)1-5-2-4(8)9;2*2-1(3)4;;;;;;;;/h13-24H,1-12H2;2*5H,1-2H2,(H,6,7)(H,8,9);;;8*1H2/q;;;2*-1;;;;;;;;/p+2. The van der Waals surface area contributed by atoms with Crippen LogP contribution in [0.4, 0.5) is 57.5 Å². The van der Waals surface area contributed by atoms with Crippen molar-refractivity contribution in [3.8, 4) is 0 Å². The highest BCUT2D eigenvalue weighted by Gasteiger charge is 2.76. The van der Waals surface area contributed by atoms with E-state index >= 15 is 57.5 Å². The van der Waals surface area contributed by atoms with E-state index in [2.05, 4.69) is 0 Å². The Hall–Kier alpha value is -12.9. The molecule has 62 nitrogen and oxygen atoms in total. The molecule has 0 aromatic carbocycles. The third kappa shape index (κ3) is 10.7. The lowest BCUT2D eigenvalue weighted by molar-refractivity contribution is -0.635. The van der Waals surface area contributed by atoms with Crippen LogP contribution in [0, 0.1) is 30.6 Å². The minimum Gasteiger partial charge on any atom is -0.477 e. The van der Waals surface area contributed by atoms with Crippen LogP contribution < -0.4 is 10.6 Å². The Bertz CT molecular complexity index is 2870. The first-order chi connectivity index (χ1) is 46.4. The summed E-state index contributed by atoms with van der Waals surface area (Å²) in [6, 6.07) is -7.90. The Morgan fingerprint density at radius 3 is 0.358 bits per heavy atom. The molecule has 0 aromatic rings. The second-order valence-corrected chi connectivity index (χ2v) is 24.7. The highest BCUT2D eigenvalue weighted by Crippen LogP contribution is 2.51. The maximum absolute atomic E-state index is 15.1. The van der Waals surface area contributed by atoms with E-state index in [1.54, 1.807) is 0 Å². The van der Waals surface area contributed by atoms with Gasteiger partial charge >= 0.3 is 96.3 Å². The normalized spacial score (nSPS) is 29.4. The lowest BCUT2D eigenvalue weighted by Gasteiger charge is -2.42. The van der Waals surface area contributed by atoms with Crippen LogP contribution in [-0.2, 0) is 19.2 Å². The number of hydrogen-bond donors (Lipinski definition) is 6. The monoisotopic (exact) mass is 1530 g/mol. The van der Waals surface area contributed by atoms with E-state index in [4.69, 9.17) is 51.1 Å². The second-order valence-electron chi connectivity index (χ2n) is 24.7. The van der Waals surface area contributed by atoms with Crippen LogP contribution in [0.25, 0.3) is 0 Å². The van der Waals surface area contributed by atoms with Gasteiger partial charge in [0.05, 0.1) is 10.2 Å². The molecule has 106 heavy (non-hydrogen) atoms. The fourth-order valence-electron chi connectivity index (χ4n) is 16.6. The molecule has 18 rings (SSSR count). The molecule has 18 aliphatic rings. The van der Waals surface area contributed by atoms with Crippen LogP contribution in [0.5, 0.6) is 0 Å². The maximum Gasteiger partial charge on any atom is 0.359 e. The van der Waals surface area contributed by atoms with Gasteiger partial charge in [-0.1, -0.05) is 0 Å². The van der Waals surface area contributed by atoms with Crippen LogP contribution in [0.15, 0.2) is 0 Å². The van der Waals surface area contributed by atoms with Gasteiger partial charge in [0.15, 0.2) is 100 Å². The molecule has 0 radical (unpaired) electrons. The van der Waals surface area contributed by atoms with Gasteiger partial charge in [-0.25, -0.2) is 76.7 Å². The maximum atomic E-state index is 15.1. The number of carbonyl (C=O) groups is 16. The average molecular weight is 1530 g/mol. The van der Waals surface area contributed by atoms with Gasteiger partial charge in [-0.15, -0.1) is 0 Å². The first-order valence-corrected chi connectivity index (χ1v) is 29.5. The van der Waals surface area contributed by atoms with Crippen LogP contribution in [0.3, 0.4) is 0 Å². The van der Waals surface area contributed by atoms with Gasteiger partial charge < -0.3 is 106 Å². The van der Waals surface area contributed by atoms with Crippen molar-refractivity contribution in [2.45, 2.75) is 74.0 Å². The number of amides is 24. The molecule has 24 N–H and O–H groups in total. The summed E-state index contributed by atoms with van der Waals surface area (Å²) in [5.41, 5.74) is 0. The minimum absolute atomic E-state index is 0. The van der Waals surface area contributed by atoms with E-state index in [-0.39, 0.29) is 70.0 Å². The number of quaternary nitrogens is 2. The van der Waals surface area contributed by atoms with Crippen molar-refractivity contribution < 1.29 is 162 Å². The highest BCUT2D eigenvalue weighted by molar-refractivity contribution is 5.95. The van der Waals surface area contributed by atoms with Gasteiger partial charge in [0.1, 0.15) is 80.0 Å². The number of nitrogens with two attached hydrogens (primary N) is 2. The molecule has 18 heterocycles. The summed E-state index contributed by atoms with van der Waals surface area (Å²) in [7, 11) is 0. The molecule has 18 saturated heterocycles. The Labute approximate surface area is 585 Å². The second kappa shape index (κ2) is 27.4. The smallest absolute Gasteiger partial charge is 0.359 e. The van der Waals surface area contributed by atoms with Crippen LogP contribution in [0.1, 0.15) is 0 Å². The van der Waals surface area contributed by atoms with Crippen LogP contribution in [-0.4, -0.2) is 468 Å². The Morgan fingerprint density at radius 1 is 0.236 bits per heavy atom. The molecule has 24 amide bonds. The molecule has 0 aromatic heterocycles. The number of nitrogens with zero attached hydrogens (tertiary/aromatic N) is 26. The SMILES string of the molecule is O.O.O.O.O.O.O.O.O=C(O)C[NH2+]CC(=O)O.O=C(O)C[NH2+]CC(=O)O.O=C1N2CN3C(=O)N4CN5C(=O)N6CN7C(=O)N8CN9C(=O)N%10CN%11C(=O)N%12CN1C1C2N2CN%13C(=O)N(CN%14C(=O)N(CN%15C(=O)N(CN%16C(=O)N(CN%17C(=O)N(CN1C2=O)C%12C%11%17)C%10C9%16)C8C7%15)C6C5%14)C4C3%13.O=[N+]([O-])[O-].O=[N+]([O-])[O-]. The first-order valence-electron chi connectivity index (χ1n) is 29.5. The largest absolute Gasteiger partial charge is 0.477 e. The fraction of sp³-hybridized carbons (Fsp3) is 0.636. The van der Waals surface area contributed by atoms with Gasteiger partial charge in [0, 0.05) is 0 Å². The van der Waals surface area contributed by atoms with E-state index in [0.717, 1.165) is 0 Å². The molecule has 0 bridgehead atoms. The van der Waals surface area contributed by atoms with Crippen molar-refractivity contribution in [1.29, 1.82) is 0 Å². The first kappa shape index (κ1) is 80.4. The topological polar surface area (TPSA) is 849 Å². The van der Waals surface area contributed by atoms with Gasteiger partial charge in [0.25, 0.3) is 0 Å². The predicted molar refractivity (Wildman–Crippen MR) is 316 cm³/mol. The number of carboxylic acid groups (broad SMARTS) is 4. The van der Waals surface area contributed by atoms with E-state index in [1.165, 1.54) is 128 Å². The zero-order chi connectivity index (χ0) is 69.9. The van der Waals surface area contributed by atoms with Gasteiger partial charge in [-0.05, 0) is 0 Å². The van der Waals surface area contributed by atoms with Crippen molar-refractivity contribution in [3.63, 3.8) is 0 Å². The lowest BCUT2D eigenvalue weighted by Crippen LogP contribution is -2.87. The van der Waals surface area contributed by atoms with E-state index < -0.39 is 260 Å². The van der Waals surface area contributed by atoms with Crippen molar-refractivity contribution in [2.24, 2.45) is 0 Å². The molecule has 0 unspecified atom stereocenters. The predicted octanol–water partition coefficient (Wildman–Crippen LogP) is -17.3. The average Bonchev–Trinajstić information content (AvgIpc) is 1.52. The molecular weight excluding hydrogens is 1460 g/mol. The minimum atomic E-state index is -1.75. The Balaban J connectivity index is 0.000000402. The summed E-state index contributed by atoms with van der Waals surface area (Å²) in [6.45, 7) is -6.24. The van der Waals surface area contributed by atoms with E-state index in [9.17, 15) is 19.2 Å². The van der Waals surface area contributed by atoms with Gasteiger partial charge in [-0.2, -0.15) is 0 Å². The Morgan fingerprint density at radius 2 is 0.302 bits per heavy atom. The quantitative estimate of drug-likeness (QED) is 0.0971. The molecule has 18 aliphatic heterocycles. The molecule has 588 valence electrons. The van der Waals surface area contributed by atoms with E-state index in [1.807, 2.05) is 0 Å². The molecular formula is C44H68N28O34. The van der Waals surface area contributed by atoms with Gasteiger partial charge in [-0.3, -0.25) is 118 Å². The zero-order valence-corrected chi connectivity index (χ0v) is 53.8. The Kier molecular flexibility index (Phi) is 20.8. The number of carboxylic acids is 4. The molecule has 18 fully saturated rings. The molecule has 0 aliphatic carbocycles. The number of carbonyl (C=O) groups excluding carboxylic acids is 12. The van der Waals surface area contributed by atoms with Crippen molar-refractivity contribution in [1.82, 2.24) is 118 Å². The summed E-state index contributed by atoms with van der Waals surface area (Å²) in [4.78, 5) is 269. The molecule has 0 atom stereocenters. The fourth-order valence-corrected chi connectivity index (χ4v) is 16.6. The lowest BCUT2D eigenvalue weighted by atomic mass is 10.2. The van der Waals surface area contributed by atoms with Crippen molar-refractivity contribution in [2.75, 3.05) is 106 Å². The zero-order valence-electron chi connectivity index (χ0n) is 53.8. The summed E-state index contributed by atoms with van der Waals surface area (Å²) in [5, 5.41) is 63.9. The number of urea groups is 12. The van der Waals surface area contributed by atoms with Crippen molar-refractivity contribution in [3.05, 3.63) is 30.6 Å². The summed E-state index contributed by atoms with van der Waals surface area (Å²) < 4.78 is 0. The summed E-state index contributed by atoms with van der Waals surface area (Å²) in [6.07, 6.45) is -13.9.